The van der Waals surface area contributed by atoms with Crippen molar-refractivity contribution in [3.05, 3.63) is 18.2 Å². The molecule has 1 saturated carbocycles. The Labute approximate surface area is 104 Å². The van der Waals surface area contributed by atoms with E-state index in [9.17, 15) is 0 Å². The standard InChI is InChI=1S/C14H23N3/c1-3-14(4-5-14)10-17-11-16-8-12(17)13(2)6-7-15-9-13/h8,11,15H,3-7,9-10H2,1-2H3. The second-order valence-corrected chi connectivity index (χ2v) is 6.25. The third kappa shape index (κ3) is 1.90. The van der Waals surface area contributed by atoms with E-state index in [-0.39, 0.29) is 0 Å². The van der Waals surface area contributed by atoms with E-state index >= 15 is 0 Å². The van der Waals surface area contributed by atoms with Gasteiger partial charge in [-0.15, -0.1) is 0 Å². The highest BCUT2D eigenvalue weighted by atomic mass is 15.1. The van der Waals surface area contributed by atoms with Crippen LogP contribution in [0, 0.1) is 5.41 Å². The van der Waals surface area contributed by atoms with Gasteiger partial charge in [0.2, 0.25) is 0 Å². The van der Waals surface area contributed by atoms with Gasteiger partial charge in [-0.1, -0.05) is 13.8 Å². The Hall–Kier alpha value is -0.830. The summed E-state index contributed by atoms with van der Waals surface area (Å²) in [6, 6.07) is 0. The van der Waals surface area contributed by atoms with E-state index < -0.39 is 0 Å². The molecule has 0 amide bonds. The molecule has 0 spiro atoms. The van der Waals surface area contributed by atoms with Crippen molar-refractivity contribution in [2.75, 3.05) is 13.1 Å². The number of imidazole rings is 1. The SMILES string of the molecule is CCC1(Cn2cncc2C2(C)CCNC2)CC1. The summed E-state index contributed by atoms with van der Waals surface area (Å²) >= 11 is 0. The first-order valence-corrected chi connectivity index (χ1v) is 6.89. The number of hydrogen-bond donors (Lipinski definition) is 1. The first kappa shape index (κ1) is 11.3. The van der Waals surface area contributed by atoms with Gasteiger partial charge in [0.05, 0.1) is 6.33 Å². The van der Waals surface area contributed by atoms with Crippen LogP contribution in [0.3, 0.4) is 0 Å². The Balaban J connectivity index is 1.84. The zero-order valence-electron chi connectivity index (χ0n) is 11.0. The smallest absolute Gasteiger partial charge is 0.0948 e. The van der Waals surface area contributed by atoms with Gasteiger partial charge < -0.3 is 9.88 Å². The molecule has 1 aliphatic carbocycles. The van der Waals surface area contributed by atoms with Crippen molar-refractivity contribution < 1.29 is 0 Å². The minimum Gasteiger partial charge on any atom is -0.333 e. The quantitative estimate of drug-likeness (QED) is 0.865. The first-order chi connectivity index (χ1) is 8.18. The summed E-state index contributed by atoms with van der Waals surface area (Å²) in [6.45, 7) is 8.10. The topological polar surface area (TPSA) is 29.9 Å². The van der Waals surface area contributed by atoms with Gasteiger partial charge in [-0.25, -0.2) is 4.98 Å². The maximum atomic E-state index is 4.39. The van der Waals surface area contributed by atoms with Gasteiger partial charge in [-0.05, 0) is 37.6 Å². The lowest BCUT2D eigenvalue weighted by atomic mass is 9.86. The Bertz CT molecular complexity index is 397. The van der Waals surface area contributed by atoms with E-state index in [1.807, 2.05) is 6.33 Å². The van der Waals surface area contributed by atoms with E-state index in [0.29, 0.717) is 10.8 Å². The molecule has 2 aliphatic rings. The van der Waals surface area contributed by atoms with Crippen LogP contribution in [0.15, 0.2) is 12.5 Å². The van der Waals surface area contributed by atoms with E-state index in [2.05, 4.69) is 34.9 Å². The summed E-state index contributed by atoms with van der Waals surface area (Å²) in [5.41, 5.74) is 2.32. The lowest BCUT2D eigenvalue weighted by molar-refractivity contribution is 0.378. The van der Waals surface area contributed by atoms with E-state index in [1.165, 1.54) is 37.9 Å². The molecule has 3 heteroatoms. The molecular formula is C14H23N3. The molecule has 1 aromatic heterocycles. The summed E-state index contributed by atoms with van der Waals surface area (Å²) in [5.74, 6) is 0. The summed E-state index contributed by atoms with van der Waals surface area (Å²) in [4.78, 5) is 4.39. The van der Waals surface area contributed by atoms with Gasteiger partial charge in [-0.2, -0.15) is 0 Å². The largest absolute Gasteiger partial charge is 0.333 e. The van der Waals surface area contributed by atoms with Crippen molar-refractivity contribution in [1.29, 1.82) is 0 Å². The Morgan fingerprint density at radius 1 is 1.41 bits per heavy atom. The van der Waals surface area contributed by atoms with Crippen molar-refractivity contribution in [3.63, 3.8) is 0 Å². The zero-order valence-corrected chi connectivity index (χ0v) is 11.0. The van der Waals surface area contributed by atoms with Crippen molar-refractivity contribution in [3.8, 4) is 0 Å². The minimum atomic E-state index is 0.292. The van der Waals surface area contributed by atoms with Crippen LogP contribution in [0.5, 0.6) is 0 Å². The summed E-state index contributed by atoms with van der Waals surface area (Å²) in [7, 11) is 0. The molecule has 94 valence electrons. The monoisotopic (exact) mass is 233 g/mol. The second kappa shape index (κ2) is 3.84. The molecule has 3 nitrogen and oxygen atoms in total. The highest BCUT2D eigenvalue weighted by molar-refractivity contribution is 5.18. The summed E-state index contributed by atoms with van der Waals surface area (Å²) in [5, 5.41) is 3.48. The second-order valence-electron chi connectivity index (χ2n) is 6.25. The average Bonchev–Trinajstić information content (AvgIpc) is 2.74. The summed E-state index contributed by atoms with van der Waals surface area (Å²) < 4.78 is 2.42. The summed E-state index contributed by atoms with van der Waals surface area (Å²) in [6.07, 6.45) is 9.46. The number of rotatable bonds is 4. The predicted molar refractivity (Wildman–Crippen MR) is 69.0 cm³/mol. The third-order valence-electron chi connectivity index (χ3n) is 4.91. The molecule has 1 atom stereocenters. The molecule has 0 bridgehead atoms. The zero-order chi connectivity index (χ0) is 11.9. The molecule has 1 saturated heterocycles. The number of nitrogens with zero attached hydrogens (tertiary/aromatic N) is 2. The normalized spacial score (nSPS) is 30.7. The molecule has 0 aromatic carbocycles. The van der Waals surface area contributed by atoms with Crippen LogP contribution in [-0.4, -0.2) is 22.6 Å². The molecule has 2 fully saturated rings. The van der Waals surface area contributed by atoms with Crippen molar-refractivity contribution in [2.24, 2.45) is 5.41 Å². The molecule has 0 radical (unpaired) electrons. The Kier molecular flexibility index (Phi) is 2.54. The van der Waals surface area contributed by atoms with Gasteiger partial charge in [0, 0.05) is 30.4 Å². The van der Waals surface area contributed by atoms with E-state index in [0.717, 1.165) is 13.1 Å². The highest BCUT2D eigenvalue weighted by Crippen LogP contribution is 2.50. The molecule has 1 N–H and O–H groups in total. The van der Waals surface area contributed by atoms with Gasteiger partial charge in [0.25, 0.3) is 0 Å². The van der Waals surface area contributed by atoms with Gasteiger partial charge >= 0.3 is 0 Å². The maximum Gasteiger partial charge on any atom is 0.0948 e. The van der Waals surface area contributed by atoms with Crippen LogP contribution < -0.4 is 5.32 Å². The molecule has 2 heterocycles. The molecule has 1 unspecified atom stereocenters. The molecular weight excluding hydrogens is 210 g/mol. The fourth-order valence-electron chi connectivity index (χ4n) is 3.15. The minimum absolute atomic E-state index is 0.292. The Morgan fingerprint density at radius 3 is 2.82 bits per heavy atom. The van der Waals surface area contributed by atoms with Crippen LogP contribution >= 0.6 is 0 Å². The number of nitrogens with one attached hydrogen (secondary N) is 1. The van der Waals surface area contributed by atoms with Gasteiger partial charge in [-0.3, -0.25) is 0 Å². The molecule has 17 heavy (non-hydrogen) atoms. The number of aromatic nitrogens is 2. The molecule has 1 aromatic rings. The Morgan fingerprint density at radius 2 is 2.24 bits per heavy atom. The number of hydrogen-bond acceptors (Lipinski definition) is 2. The molecule has 3 rings (SSSR count). The van der Waals surface area contributed by atoms with Gasteiger partial charge in [0.15, 0.2) is 0 Å². The van der Waals surface area contributed by atoms with Crippen molar-refractivity contribution in [2.45, 2.75) is 51.5 Å². The predicted octanol–water partition coefficient (Wildman–Crippen LogP) is 2.32. The van der Waals surface area contributed by atoms with Crippen molar-refractivity contribution >= 4 is 0 Å². The first-order valence-electron chi connectivity index (χ1n) is 6.89. The van der Waals surface area contributed by atoms with Crippen LogP contribution in [0.25, 0.3) is 0 Å². The van der Waals surface area contributed by atoms with Crippen LogP contribution in [0.1, 0.15) is 45.2 Å². The fourth-order valence-corrected chi connectivity index (χ4v) is 3.15. The highest BCUT2D eigenvalue weighted by Gasteiger charge is 2.42. The van der Waals surface area contributed by atoms with Crippen LogP contribution in [0.4, 0.5) is 0 Å². The lowest BCUT2D eigenvalue weighted by Gasteiger charge is -2.26. The van der Waals surface area contributed by atoms with E-state index in [1.54, 1.807) is 0 Å². The molecule has 1 aliphatic heterocycles. The maximum absolute atomic E-state index is 4.39. The van der Waals surface area contributed by atoms with E-state index in [4.69, 9.17) is 0 Å². The fraction of sp³-hybridized carbons (Fsp3) is 0.786. The lowest BCUT2D eigenvalue weighted by Crippen LogP contribution is -2.29. The third-order valence-corrected chi connectivity index (χ3v) is 4.91. The average molecular weight is 233 g/mol. The van der Waals surface area contributed by atoms with Crippen LogP contribution in [-0.2, 0) is 12.0 Å². The van der Waals surface area contributed by atoms with Crippen LogP contribution in [0.2, 0.25) is 0 Å². The van der Waals surface area contributed by atoms with Gasteiger partial charge in [0.1, 0.15) is 0 Å². The van der Waals surface area contributed by atoms with Crippen molar-refractivity contribution in [1.82, 2.24) is 14.9 Å².